The average molecular weight is 421 g/mol. The minimum atomic E-state index is -1.18. The monoisotopic (exact) mass is 420 g/mol. The van der Waals surface area contributed by atoms with Crippen LogP contribution in [0, 0.1) is 5.92 Å². The summed E-state index contributed by atoms with van der Waals surface area (Å²) in [6.45, 7) is 6.79. The Morgan fingerprint density at radius 1 is 0.867 bits per heavy atom. The summed E-state index contributed by atoms with van der Waals surface area (Å²) in [7, 11) is 0. The van der Waals surface area contributed by atoms with Gasteiger partial charge in [0, 0.05) is 6.42 Å². The lowest BCUT2D eigenvalue weighted by molar-refractivity contribution is -0.142. The molecule has 9 heteroatoms. The van der Waals surface area contributed by atoms with Crippen molar-refractivity contribution in [2.24, 2.45) is 11.7 Å². The van der Waals surface area contributed by atoms with Crippen LogP contribution in [-0.2, 0) is 25.6 Å². The summed E-state index contributed by atoms with van der Waals surface area (Å²) in [5.41, 5.74) is 6.56. The van der Waals surface area contributed by atoms with Crippen molar-refractivity contribution in [1.82, 2.24) is 16.0 Å². The maximum atomic E-state index is 12.4. The molecule has 0 aliphatic carbocycles. The SMILES string of the molecule is CC(C)C[C@H](N)C(=O)N[C@@H](C)C(=O)N[C@@H](C)C(=O)N[C@@H](Cc1ccccc1)C(=O)O. The van der Waals surface area contributed by atoms with E-state index in [1.807, 2.05) is 19.9 Å². The Labute approximate surface area is 176 Å². The van der Waals surface area contributed by atoms with Gasteiger partial charge in [0.1, 0.15) is 18.1 Å². The van der Waals surface area contributed by atoms with E-state index in [0.717, 1.165) is 5.56 Å². The zero-order valence-corrected chi connectivity index (χ0v) is 17.8. The minimum Gasteiger partial charge on any atom is -0.480 e. The van der Waals surface area contributed by atoms with Crippen LogP contribution < -0.4 is 21.7 Å². The Hall–Kier alpha value is -2.94. The molecule has 0 aliphatic heterocycles. The fourth-order valence-corrected chi connectivity index (χ4v) is 2.75. The highest BCUT2D eigenvalue weighted by Gasteiger charge is 2.26. The number of hydrogen-bond donors (Lipinski definition) is 5. The lowest BCUT2D eigenvalue weighted by Gasteiger charge is -2.22. The van der Waals surface area contributed by atoms with Crippen molar-refractivity contribution < 1.29 is 24.3 Å². The van der Waals surface area contributed by atoms with Crippen LogP contribution in [0.15, 0.2) is 30.3 Å². The average Bonchev–Trinajstić information content (AvgIpc) is 2.67. The lowest BCUT2D eigenvalue weighted by Crippen LogP contribution is -2.55. The van der Waals surface area contributed by atoms with Crippen LogP contribution in [0.2, 0.25) is 0 Å². The first-order valence-electron chi connectivity index (χ1n) is 9.94. The Balaban J connectivity index is 2.59. The Morgan fingerprint density at radius 2 is 1.37 bits per heavy atom. The number of rotatable bonds is 11. The van der Waals surface area contributed by atoms with Crippen molar-refractivity contribution in [3.63, 3.8) is 0 Å². The van der Waals surface area contributed by atoms with Crippen LogP contribution in [-0.4, -0.2) is 53.0 Å². The van der Waals surface area contributed by atoms with Gasteiger partial charge in [-0.05, 0) is 31.7 Å². The normalized spacial score (nSPS) is 14.9. The summed E-state index contributed by atoms with van der Waals surface area (Å²) in [5, 5.41) is 16.8. The van der Waals surface area contributed by atoms with E-state index in [0.29, 0.717) is 6.42 Å². The standard InChI is InChI=1S/C21H32N4O5/c1-12(2)10-16(22)20(28)24-13(3)18(26)23-14(4)19(27)25-17(21(29)30)11-15-8-6-5-7-9-15/h5-9,12-14,16-17H,10-11,22H2,1-4H3,(H,23,26)(H,24,28)(H,25,27)(H,29,30)/t13-,14-,16-,17-/m0/s1. The molecule has 0 bridgehead atoms. The predicted octanol–water partition coefficient (Wildman–Crippen LogP) is 0.181. The number of aliphatic carboxylic acids is 1. The number of nitrogens with two attached hydrogens (primary N) is 1. The zero-order chi connectivity index (χ0) is 22.8. The second kappa shape index (κ2) is 11.9. The Kier molecular flexibility index (Phi) is 9.97. The zero-order valence-electron chi connectivity index (χ0n) is 17.8. The van der Waals surface area contributed by atoms with Gasteiger partial charge >= 0.3 is 5.97 Å². The molecule has 0 unspecified atom stereocenters. The topological polar surface area (TPSA) is 151 Å². The molecule has 3 amide bonds. The van der Waals surface area contributed by atoms with Crippen molar-refractivity contribution >= 4 is 23.7 Å². The van der Waals surface area contributed by atoms with Crippen LogP contribution in [0.3, 0.4) is 0 Å². The molecule has 166 valence electrons. The van der Waals surface area contributed by atoms with E-state index in [4.69, 9.17) is 5.73 Å². The number of carboxylic acids is 1. The molecular formula is C21H32N4O5. The largest absolute Gasteiger partial charge is 0.480 e. The highest BCUT2D eigenvalue weighted by atomic mass is 16.4. The van der Waals surface area contributed by atoms with Crippen molar-refractivity contribution in [2.45, 2.75) is 64.7 Å². The van der Waals surface area contributed by atoms with Crippen LogP contribution in [0.4, 0.5) is 0 Å². The van der Waals surface area contributed by atoms with Crippen LogP contribution in [0.5, 0.6) is 0 Å². The van der Waals surface area contributed by atoms with Crippen molar-refractivity contribution in [3.05, 3.63) is 35.9 Å². The Morgan fingerprint density at radius 3 is 1.87 bits per heavy atom. The summed E-state index contributed by atoms with van der Waals surface area (Å²) < 4.78 is 0. The molecule has 1 rings (SSSR count). The van der Waals surface area contributed by atoms with E-state index in [1.54, 1.807) is 24.3 Å². The molecule has 0 radical (unpaired) electrons. The van der Waals surface area contributed by atoms with Gasteiger partial charge in [0.2, 0.25) is 17.7 Å². The van der Waals surface area contributed by atoms with Crippen molar-refractivity contribution in [3.8, 4) is 0 Å². The first-order chi connectivity index (χ1) is 14.0. The first kappa shape index (κ1) is 25.1. The number of nitrogens with one attached hydrogen (secondary N) is 3. The molecule has 4 atom stereocenters. The van der Waals surface area contributed by atoms with Gasteiger partial charge in [0.15, 0.2) is 0 Å². The van der Waals surface area contributed by atoms with Gasteiger partial charge in [0.05, 0.1) is 6.04 Å². The van der Waals surface area contributed by atoms with Crippen LogP contribution in [0.1, 0.15) is 39.7 Å². The van der Waals surface area contributed by atoms with Crippen molar-refractivity contribution in [2.75, 3.05) is 0 Å². The van der Waals surface area contributed by atoms with Gasteiger partial charge in [-0.15, -0.1) is 0 Å². The number of carboxylic acid groups (broad SMARTS) is 1. The van der Waals surface area contributed by atoms with E-state index in [1.165, 1.54) is 13.8 Å². The quantitative estimate of drug-likeness (QED) is 0.345. The maximum Gasteiger partial charge on any atom is 0.326 e. The second-order valence-electron chi connectivity index (χ2n) is 7.79. The third-order valence-corrected chi connectivity index (χ3v) is 4.46. The van der Waals surface area contributed by atoms with Crippen molar-refractivity contribution in [1.29, 1.82) is 0 Å². The summed E-state index contributed by atoms with van der Waals surface area (Å²) in [5.74, 6) is -2.60. The molecule has 0 aliphatic rings. The fraction of sp³-hybridized carbons (Fsp3) is 0.524. The summed E-state index contributed by atoms with van der Waals surface area (Å²) in [6.07, 6.45) is 0.597. The molecule has 0 aromatic heterocycles. The van der Waals surface area contributed by atoms with Gasteiger partial charge in [-0.25, -0.2) is 4.79 Å². The second-order valence-corrected chi connectivity index (χ2v) is 7.79. The molecule has 0 saturated carbocycles. The van der Waals surface area contributed by atoms with Crippen LogP contribution >= 0.6 is 0 Å². The van der Waals surface area contributed by atoms with Gasteiger partial charge < -0.3 is 26.8 Å². The fourth-order valence-electron chi connectivity index (χ4n) is 2.75. The molecule has 0 spiro atoms. The van der Waals surface area contributed by atoms with Gasteiger partial charge in [0.25, 0.3) is 0 Å². The van der Waals surface area contributed by atoms with Gasteiger partial charge in [-0.3, -0.25) is 14.4 Å². The molecule has 9 nitrogen and oxygen atoms in total. The highest BCUT2D eigenvalue weighted by molar-refractivity contribution is 5.93. The third-order valence-electron chi connectivity index (χ3n) is 4.46. The van der Waals surface area contributed by atoms with E-state index >= 15 is 0 Å². The number of carbonyl (C=O) groups excluding carboxylic acids is 3. The van der Waals surface area contributed by atoms with E-state index in [-0.39, 0.29) is 12.3 Å². The smallest absolute Gasteiger partial charge is 0.326 e. The molecule has 1 aromatic carbocycles. The first-order valence-corrected chi connectivity index (χ1v) is 9.94. The highest BCUT2D eigenvalue weighted by Crippen LogP contribution is 2.05. The molecule has 6 N–H and O–H groups in total. The minimum absolute atomic E-state index is 0.114. The molecular weight excluding hydrogens is 388 g/mol. The van der Waals surface area contributed by atoms with Gasteiger partial charge in [-0.1, -0.05) is 44.2 Å². The summed E-state index contributed by atoms with van der Waals surface area (Å²) in [6, 6.07) is 5.16. The van der Waals surface area contributed by atoms with E-state index in [2.05, 4.69) is 16.0 Å². The number of amides is 3. The number of hydrogen-bond acceptors (Lipinski definition) is 5. The summed E-state index contributed by atoms with van der Waals surface area (Å²) in [4.78, 5) is 48.2. The lowest BCUT2D eigenvalue weighted by atomic mass is 10.0. The molecule has 0 heterocycles. The molecule has 0 fully saturated rings. The molecule has 1 aromatic rings. The third kappa shape index (κ3) is 8.60. The van der Waals surface area contributed by atoms with Crippen LogP contribution in [0.25, 0.3) is 0 Å². The Bertz CT molecular complexity index is 738. The molecule has 0 saturated heterocycles. The maximum absolute atomic E-state index is 12.4. The van der Waals surface area contributed by atoms with E-state index < -0.39 is 47.9 Å². The molecule has 30 heavy (non-hydrogen) atoms. The summed E-state index contributed by atoms with van der Waals surface area (Å²) >= 11 is 0. The predicted molar refractivity (Wildman–Crippen MR) is 112 cm³/mol. The van der Waals surface area contributed by atoms with E-state index in [9.17, 15) is 24.3 Å². The van der Waals surface area contributed by atoms with Gasteiger partial charge in [-0.2, -0.15) is 0 Å². The number of carbonyl (C=O) groups is 4. The number of benzene rings is 1.